The van der Waals surface area contributed by atoms with E-state index >= 15 is 0 Å². The van der Waals surface area contributed by atoms with E-state index in [1.807, 2.05) is 32.0 Å². The average molecular weight is 412 g/mol. The summed E-state index contributed by atoms with van der Waals surface area (Å²) in [5.74, 6) is -0.647. The molecule has 0 fully saturated rings. The fourth-order valence-electron chi connectivity index (χ4n) is 3.49. The zero-order chi connectivity index (χ0) is 21.8. The third-order valence-corrected chi connectivity index (χ3v) is 5.38. The van der Waals surface area contributed by atoms with Crippen LogP contribution >= 0.6 is 0 Å². The van der Waals surface area contributed by atoms with Gasteiger partial charge in [0.05, 0.1) is 6.54 Å². The van der Waals surface area contributed by atoms with Crippen molar-refractivity contribution >= 4 is 17.7 Å². The van der Waals surface area contributed by atoms with Gasteiger partial charge >= 0.3 is 0 Å². The number of carbonyl (C=O) groups excluding carboxylic acids is 3. The van der Waals surface area contributed by atoms with Crippen molar-refractivity contribution in [3.63, 3.8) is 0 Å². The second kappa shape index (κ2) is 9.11. The lowest BCUT2D eigenvalue weighted by atomic mass is 10.1. The highest BCUT2D eigenvalue weighted by Crippen LogP contribution is 2.18. The van der Waals surface area contributed by atoms with Gasteiger partial charge in [0, 0.05) is 46.3 Å². The highest BCUT2D eigenvalue weighted by Gasteiger charge is 2.28. The Balaban J connectivity index is 1.75. The van der Waals surface area contributed by atoms with E-state index in [2.05, 4.69) is 11.2 Å². The van der Waals surface area contributed by atoms with Crippen molar-refractivity contribution in [2.24, 2.45) is 0 Å². The maximum Gasteiger partial charge on any atom is 0.274 e. The summed E-state index contributed by atoms with van der Waals surface area (Å²) in [5, 5.41) is 4.36. The third-order valence-electron chi connectivity index (χ3n) is 5.38. The topological polar surface area (TPSA) is 78.8 Å². The first-order valence-electron chi connectivity index (χ1n) is 10.2. The number of hydrogen-bond acceptors (Lipinski definition) is 4. The monoisotopic (exact) mass is 411 g/mol. The SMILES string of the molecule is CCN(C)C(=O)CN(C)C(=O)c1cc2n(n1)CCCN(Cc1cccc(C)c1)C2=O. The predicted molar refractivity (Wildman–Crippen MR) is 113 cm³/mol. The lowest BCUT2D eigenvalue weighted by Gasteiger charge is -2.20. The lowest BCUT2D eigenvalue weighted by Crippen LogP contribution is -2.39. The summed E-state index contributed by atoms with van der Waals surface area (Å²) in [6.45, 7) is 6.17. The number of rotatable bonds is 6. The summed E-state index contributed by atoms with van der Waals surface area (Å²) in [4.78, 5) is 42.7. The summed E-state index contributed by atoms with van der Waals surface area (Å²) < 4.78 is 1.61. The Morgan fingerprint density at radius 3 is 2.60 bits per heavy atom. The van der Waals surface area contributed by atoms with Gasteiger partial charge in [0.2, 0.25) is 5.91 Å². The van der Waals surface area contributed by atoms with Crippen LogP contribution in [0.3, 0.4) is 0 Å². The first kappa shape index (κ1) is 21.5. The van der Waals surface area contributed by atoms with Crippen LogP contribution in [0.25, 0.3) is 0 Å². The van der Waals surface area contributed by atoms with Gasteiger partial charge in [0.25, 0.3) is 11.8 Å². The van der Waals surface area contributed by atoms with Crippen LogP contribution in [0.5, 0.6) is 0 Å². The van der Waals surface area contributed by atoms with E-state index in [1.165, 1.54) is 4.90 Å². The highest BCUT2D eigenvalue weighted by atomic mass is 16.2. The summed E-state index contributed by atoms with van der Waals surface area (Å²) >= 11 is 0. The standard InChI is InChI=1S/C22H29N5O3/c1-5-24(3)20(28)15-25(4)21(29)18-13-19-22(30)26(10-7-11-27(19)23-18)14-17-9-6-8-16(2)12-17/h6,8-9,12-13H,5,7,10-11,14-15H2,1-4H3. The first-order valence-corrected chi connectivity index (χ1v) is 10.2. The van der Waals surface area contributed by atoms with Gasteiger partial charge in [-0.2, -0.15) is 5.10 Å². The first-order chi connectivity index (χ1) is 14.3. The van der Waals surface area contributed by atoms with E-state index in [0.29, 0.717) is 31.9 Å². The molecule has 0 N–H and O–H groups in total. The second-order valence-corrected chi connectivity index (χ2v) is 7.78. The molecule has 2 aromatic rings. The van der Waals surface area contributed by atoms with E-state index in [9.17, 15) is 14.4 Å². The Bertz CT molecular complexity index is 952. The Kier molecular flexibility index (Phi) is 6.54. The minimum Gasteiger partial charge on any atom is -0.345 e. The predicted octanol–water partition coefficient (Wildman–Crippen LogP) is 1.79. The Morgan fingerprint density at radius 2 is 1.90 bits per heavy atom. The number of amides is 3. The fraction of sp³-hybridized carbons (Fsp3) is 0.455. The van der Waals surface area contributed by atoms with Gasteiger partial charge in [-0.1, -0.05) is 29.8 Å². The molecule has 8 nitrogen and oxygen atoms in total. The zero-order valence-corrected chi connectivity index (χ0v) is 18.1. The number of carbonyl (C=O) groups is 3. The van der Waals surface area contributed by atoms with Gasteiger partial charge in [-0.3, -0.25) is 19.1 Å². The number of aromatic nitrogens is 2. The number of aryl methyl sites for hydroxylation is 2. The molecule has 0 bridgehead atoms. The molecule has 3 rings (SSSR count). The van der Waals surface area contributed by atoms with E-state index < -0.39 is 0 Å². The van der Waals surface area contributed by atoms with Crippen LogP contribution < -0.4 is 0 Å². The Hall–Kier alpha value is -3.16. The van der Waals surface area contributed by atoms with Crippen molar-refractivity contribution in [3.8, 4) is 0 Å². The molecule has 0 radical (unpaired) electrons. The maximum atomic E-state index is 13.1. The fourth-order valence-corrected chi connectivity index (χ4v) is 3.49. The molecule has 0 spiro atoms. The molecule has 160 valence electrons. The minimum atomic E-state index is -0.369. The van der Waals surface area contributed by atoms with E-state index in [0.717, 1.165) is 17.5 Å². The number of nitrogens with zero attached hydrogens (tertiary/aromatic N) is 5. The van der Waals surface area contributed by atoms with Crippen molar-refractivity contribution < 1.29 is 14.4 Å². The zero-order valence-electron chi connectivity index (χ0n) is 18.1. The second-order valence-electron chi connectivity index (χ2n) is 7.78. The van der Waals surface area contributed by atoms with Gasteiger partial charge in [-0.25, -0.2) is 0 Å². The molecule has 3 amide bonds. The number of likely N-dealkylation sites (N-methyl/N-ethyl adjacent to an activating group) is 2. The van der Waals surface area contributed by atoms with Gasteiger partial charge in [-0.15, -0.1) is 0 Å². The van der Waals surface area contributed by atoms with E-state index in [1.54, 1.807) is 34.6 Å². The minimum absolute atomic E-state index is 0.0290. The molecule has 1 aromatic heterocycles. The molecular formula is C22H29N5O3. The molecule has 0 saturated carbocycles. The van der Waals surface area contributed by atoms with Crippen LogP contribution in [0.4, 0.5) is 0 Å². The largest absolute Gasteiger partial charge is 0.345 e. The molecular weight excluding hydrogens is 382 g/mol. The summed E-state index contributed by atoms with van der Waals surface area (Å²) in [6.07, 6.45) is 0.759. The Labute approximate surface area is 177 Å². The van der Waals surface area contributed by atoms with Crippen molar-refractivity contribution in [2.45, 2.75) is 33.4 Å². The summed E-state index contributed by atoms with van der Waals surface area (Å²) in [5.41, 5.74) is 2.82. The summed E-state index contributed by atoms with van der Waals surface area (Å²) in [7, 11) is 3.26. The van der Waals surface area contributed by atoms with Crippen LogP contribution in [0.1, 0.15) is 45.4 Å². The highest BCUT2D eigenvalue weighted by molar-refractivity contribution is 5.99. The van der Waals surface area contributed by atoms with Crippen molar-refractivity contribution in [3.05, 3.63) is 52.8 Å². The van der Waals surface area contributed by atoms with Gasteiger partial charge in [0.15, 0.2) is 5.69 Å². The van der Waals surface area contributed by atoms with Crippen molar-refractivity contribution in [2.75, 3.05) is 33.7 Å². The molecule has 2 heterocycles. The summed E-state index contributed by atoms with van der Waals surface area (Å²) in [6, 6.07) is 9.64. The average Bonchev–Trinajstić information content (AvgIpc) is 3.09. The van der Waals surface area contributed by atoms with E-state index in [-0.39, 0.29) is 30.0 Å². The van der Waals surface area contributed by atoms with Crippen molar-refractivity contribution in [1.29, 1.82) is 0 Å². The normalized spacial score (nSPS) is 13.6. The molecule has 0 saturated heterocycles. The smallest absolute Gasteiger partial charge is 0.274 e. The molecule has 30 heavy (non-hydrogen) atoms. The number of hydrogen-bond donors (Lipinski definition) is 0. The molecule has 1 aliphatic rings. The van der Waals surface area contributed by atoms with Gasteiger partial charge < -0.3 is 14.7 Å². The van der Waals surface area contributed by atoms with Crippen LogP contribution in [0.2, 0.25) is 0 Å². The Morgan fingerprint density at radius 1 is 1.13 bits per heavy atom. The molecule has 0 atom stereocenters. The maximum absolute atomic E-state index is 13.1. The quantitative estimate of drug-likeness (QED) is 0.726. The van der Waals surface area contributed by atoms with Crippen LogP contribution in [0.15, 0.2) is 30.3 Å². The molecule has 8 heteroatoms. The molecule has 1 aliphatic heterocycles. The van der Waals surface area contributed by atoms with Crippen molar-refractivity contribution in [1.82, 2.24) is 24.5 Å². The number of benzene rings is 1. The third kappa shape index (κ3) is 4.69. The van der Waals surface area contributed by atoms with Crippen LogP contribution in [0, 0.1) is 6.92 Å². The van der Waals surface area contributed by atoms with Gasteiger partial charge in [0.1, 0.15) is 5.69 Å². The molecule has 0 unspecified atom stereocenters. The molecule has 0 aliphatic carbocycles. The van der Waals surface area contributed by atoms with E-state index in [4.69, 9.17) is 0 Å². The van der Waals surface area contributed by atoms with Crippen LogP contribution in [-0.2, 0) is 17.9 Å². The van der Waals surface area contributed by atoms with Gasteiger partial charge in [-0.05, 0) is 25.8 Å². The lowest BCUT2D eigenvalue weighted by molar-refractivity contribution is -0.130. The molecule has 1 aromatic carbocycles. The number of fused-ring (bicyclic) bond motifs is 1. The van der Waals surface area contributed by atoms with Crippen LogP contribution in [-0.4, -0.2) is 75.9 Å².